The zero-order chi connectivity index (χ0) is 12.5. The van der Waals surface area contributed by atoms with E-state index < -0.39 is 11.6 Å². The lowest BCUT2D eigenvalue weighted by atomic mass is 9.97. The molecule has 0 saturated heterocycles. The third kappa shape index (κ3) is 1.58. The minimum atomic E-state index is -0.833. The molecule has 0 spiro atoms. The van der Waals surface area contributed by atoms with Gasteiger partial charge in [-0.2, -0.15) is 5.26 Å². The molecule has 0 bridgehead atoms. The predicted molar refractivity (Wildman–Crippen MR) is 56.8 cm³/mol. The second kappa shape index (κ2) is 4.19. The van der Waals surface area contributed by atoms with Gasteiger partial charge in [-0.05, 0) is 19.4 Å². The fourth-order valence-corrected chi connectivity index (χ4v) is 1.59. The largest absolute Gasteiger partial charge is 0.493 e. The summed E-state index contributed by atoms with van der Waals surface area (Å²) in [5.41, 5.74) is 5.34. The van der Waals surface area contributed by atoms with Crippen LogP contribution in [0.15, 0.2) is 0 Å². The van der Waals surface area contributed by atoms with Crippen molar-refractivity contribution in [2.75, 3.05) is 12.8 Å². The Morgan fingerprint density at radius 2 is 2.12 bits per heavy atom. The SMILES string of the molecule is COc1c(N)c(F)c(C(C)=O)c(C)c1C#N. The lowest BCUT2D eigenvalue weighted by Gasteiger charge is -2.13. The van der Waals surface area contributed by atoms with Gasteiger partial charge in [0.1, 0.15) is 11.8 Å². The number of hydrogen-bond donors (Lipinski definition) is 1. The van der Waals surface area contributed by atoms with Gasteiger partial charge in [0.2, 0.25) is 0 Å². The zero-order valence-corrected chi connectivity index (χ0v) is 9.22. The van der Waals surface area contributed by atoms with Crippen LogP contribution in [0, 0.1) is 24.1 Å². The highest BCUT2D eigenvalue weighted by molar-refractivity contribution is 5.98. The number of nitrogens with two attached hydrogens (primary N) is 1. The monoisotopic (exact) mass is 222 g/mol. The van der Waals surface area contributed by atoms with Gasteiger partial charge in [0.15, 0.2) is 17.3 Å². The third-order valence-corrected chi connectivity index (χ3v) is 2.35. The summed E-state index contributed by atoms with van der Waals surface area (Å²) in [6.07, 6.45) is 0. The molecule has 0 aliphatic carbocycles. The average Bonchev–Trinajstić information content (AvgIpc) is 2.22. The summed E-state index contributed by atoms with van der Waals surface area (Å²) < 4.78 is 18.6. The molecule has 16 heavy (non-hydrogen) atoms. The second-order valence-corrected chi connectivity index (χ2v) is 3.30. The third-order valence-electron chi connectivity index (χ3n) is 2.35. The smallest absolute Gasteiger partial charge is 0.163 e. The minimum Gasteiger partial charge on any atom is -0.493 e. The first-order valence-electron chi connectivity index (χ1n) is 4.52. The molecule has 0 radical (unpaired) electrons. The Hall–Kier alpha value is -2.09. The minimum absolute atomic E-state index is 0.0255. The van der Waals surface area contributed by atoms with E-state index in [-0.39, 0.29) is 28.1 Å². The molecular formula is C11H11FN2O2. The fourth-order valence-electron chi connectivity index (χ4n) is 1.59. The lowest BCUT2D eigenvalue weighted by Crippen LogP contribution is -2.09. The first kappa shape index (κ1) is 12.0. The van der Waals surface area contributed by atoms with Gasteiger partial charge < -0.3 is 10.5 Å². The molecule has 84 valence electrons. The van der Waals surface area contributed by atoms with Gasteiger partial charge in [0.25, 0.3) is 0 Å². The highest BCUT2D eigenvalue weighted by Gasteiger charge is 2.23. The summed E-state index contributed by atoms with van der Waals surface area (Å²) in [5, 5.41) is 8.93. The molecule has 4 nitrogen and oxygen atoms in total. The Morgan fingerprint density at radius 1 is 1.56 bits per heavy atom. The molecule has 0 aliphatic heterocycles. The van der Waals surface area contributed by atoms with Gasteiger partial charge >= 0.3 is 0 Å². The molecule has 1 rings (SSSR count). The van der Waals surface area contributed by atoms with Crippen LogP contribution in [0.25, 0.3) is 0 Å². The molecular weight excluding hydrogens is 211 g/mol. The molecule has 0 heterocycles. The van der Waals surface area contributed by atoms with E-state index in [0.717, 1.165) is 0 Å². The molecule has 0 saturated carbocycles. The summed E-state index contributed by atoms with van der Waals surface area (Å²) in [7, 11) is 1.29. The summed E-state index contributed by atoms with van der Waals surface area (Å²) in [6, 6.07) is 1.85. The molecule has 0 amide bonds. The molecule has 0 aromatic heterocycles. The standard InChI is InChI=1S/C11H11FN2O2/c1-5-7(4-13)11(16-3)10(14)9(12)8(5)6(2)15/h14H2,1-3H3. The van der Waals surface area contributed by atoms with Crippen molar-refractivity contribution in [3.05, 3.63) is 22.5 Å². The van der Waals surface area contributed by atoms with Crippen molar-refractivity contribution in [1.82, 2.24) is 0 Å². The predicted octanol–water partition coefficient (Wildman–Crippen LogP) is 1.80. The van der Waals surface area contributed by atoms with Gasteiger partial charge in [-0.3, -0.25) is 4.79 Å². The van der Waals surface area contributed by atoms with E-state index >= 15 is 0 Å². The quantitative estimate of drug-likeness (QED) is 0.611. The van der Waals surface area contributed by atoms with Crippen LogP contribution in [-0.2, 0) is 0 Å². The maximum absolute atomic E-state index is 13.7. The second-order valence-electron chi connectivity index (χ2n) is 3.30. The van der Waals surface area contributed by atoms with Gasteiger partial charge in [-0.15, -0.1) is 0 Å². The topological polar surface area (TPSA) is 76.1 Å². The number of rotatable bonds is 2. The molecule has 1 aromatic rings. The van der Waals surface area contributed by atoms with E-state index in [9.17, 15) is 9.18 Å². The molecule has 0 fully saturated rings. The Balaban J connectivity index is 3.78. The number of benzene rings is 1. The van der Waals surface area contributed by atoms with Gasteiger partial charge in [0.05, 0.1) is 18.2 Å². The van der Waals surface area contributed by atoms with Crippen LogP contribution in [0.1, 0.15) is 28.4 Å². The number of anilines is 1. The van der Waals surface area contributed by atoms with E-state index in [0.29, 0.717) is 0 Å². The maximum atomic E-state index is 13.7. The van der Waals surface area contributed by atoms with Crippen LogP contribution in [0.5, 0.6) is 5.75 Å². The number of ketones is 1. The zero-order valence-electron chi connectivity index (χ0n) is 9.22. The Morgan fingerprint density at radius 3 is 2.50 bits per heavy atom. The van der Waals surface area contributed by atoms with Crippen molar-refractivity contribution in [2.45, 2.75) is 13.8 Å². The molecule has 0 atom stereocenters. The number of ether oxygens (including phenoxy) is 1. The fraction of sp³-hybridized carbons (Fsp3) is 0.273. The van der Waals surface area contributed by atoms with Crippen molar-refractivity contribution in [3.63, 3.8) is 0 Å². The molecule has 0 unspecified atom stereocenters. The van der Waals surface area contributed by atoms with Crippen molar-refractivity contribution >= 4 is 11.5 Å². The first-order chi connectivity index (χ1) is 7.45. The van der Waals surface area contributed by atoms with Crippen molar-refractivity contribution in [3.8, 4) is 11.8 Å². The summed E-state index contributed by atoms with van der Waals surface area (Å²) >= 11 is 0. The van der Waals surface area contributed by atoms with Crippen LogP contribution < -0.4 is 10.5 Å². The molecule has 5 heteroatoms. The van der Waals surface area contributed by atoms with Crippen molar-refractivity contribution in [1.29, 1.82) is 5.26 Å². The van der Waals surface area contributed by atoms with Crippen molar-refractivity contribution in [2.24, 2.45) is 0 Å². The van der Waals surface area contributed by atoms with Gasteiger partial charge in [0, 0.05) is 0 Å². The number of carbonyl (C=O) groups excluding carboxylic acids is 1. The van der Waals surface area contributed by atoms with E-state index in [2.05, 4.69) is 0 Å². The van der Waals surface area contributed by atoms with Crippen LogP contribution in [0.4, 0.5) is 10.1 Å². The molecule has 0 aliphatic rings. The number of nitriles is 1. The normalized spacial score (nSPS) is 9.69. The average molecular weight is 222 g/mol. The molecule has 1 aromatic carbocycles. The summed E-state index contributed by atoms with van der Waals surface area (Å²) in [6.45, 7) is 2.71. The first-order valence-corrected chi connectivity index (χ1v) is 4.52. The Labute approximate surface area is 92.4 Å². The molecule has 2 N–H and O–H groups in total. The summed E-state index contributed by atoms with van der Waals surface area (Å²) in [4.78, 5) is 11.3. The van der Waals surface area contributed by atoms with E-state index in [1.54, 1.807) is 0 Å². The number of Topliss-reactive ketones (excluding diaryl/α,β-unsaturated/α-hetero) is 1. The van der Waals surface area contributed by atoms with Crippen LogP contribution >= 0.6 is 0 Å². The number of hydrogen-bond acceptors (Lipinski definition) is 4. The Bertz CT molecular complexity index is 504. The highest BCUT2D eigenvalue weighted by atomic mass is 19.1. The number of carbonyl (C=O) groups is 1. The highest BCUT2D eigenvalue weighted by Crippen LogP contribution is 2.34. The van der Waals surface area contributed by atoms with Gasteiger partial charge in [-0.25, -0.2) is 4.39 Å². The lowest BCUT2D eigenvalue weighted by molar-refractivity contribution is 0.101. The van der Waals surface area contributed by atoms with Crippen LogP contribution in [0.3, 0.4) is 0 Å². The maximum Gasteiger partial charge on any atom is 0.163 e. The number of nitrogen functional groups attached to an aromatic ring is 1. The number of halogens is 1. The van der Waals surface area contributed by atoms with Gasteiger partial charge in [-0.1, -0.05) is 0 Å². The van der Waals surface area contributed by atoms with E-state index in [4.69, 9.17) is 15.7 Å². The number of nitrogens with zero attached hydrogens (tertiary/aromatic N) is 1. The van der Waals surface area contributed by atoms with Crippen LogP contribution in [-0.4, -0.2) is 12.9 Å². The van der Waals surface area contributed by atoms with Crippen LogP contribution in [0.2, 0.25) is 0 Å². The number of methoxy groups -OCH3 is 1. The Kier molecular flexibility index (Phi) is 3.14. The van der Waals surface area contributed by atoms with E-state index in [1.807, 2.05) is 6.07 Å². The van der Waals surface area contributed by atoms with Crippen molar-refractivity contribution < 1.29 is 13.9 Å². The summed E-state index contributed by atoms with van der Waals surface area (Å²) in [5.74, 6) is -1.33. The van der Waals surface area contributed by atoms with E-state index in [1.165, 1.54) is 21.0 Å².